The zero-order valence-corrected chi connectivity index (χ0v) is 13.6. The van der Waals surface area contributed by atoms with Gasteiger partial charge in [-0.25, -0.2) is 4.39 Å². The highest BCUT2D eigenvalue weighted by atomic mass is 19.1. The Morgan fingerprint density at radius 1 is 1.08 bits per heavy atom. The van der Waals surface area contributed by atoms with E-state index in [2.05, 4.69) is 5.32 Å². The second-order valence-electron chi connectivity index (χ2n) is 6.07. The molecular weight excluding hydrogens is 323 g/mol. The lowest BCUT2D eigenvalue weighted by Gasteiger charge is -2.32. The summed E-state index contributed by atoms with van der Waals surface area (Å²) in [6.07, 6.45) is 1.22. The molecule has 1 aliphatic heterocycles. The fourth-order valence-corrected chi connectivity index (χ4v) is 2.95. The zero-order chi connectivity index (χ0) is 17.8. The van der Waals surface area contributed by atoms with E-state index in [-0.39, 0.29) is 34.7 Å². The number of nitrogens with zero attached hydrogens (tertiary/aromatic N) is 1. The first-order valence-electron chi connectivity index (χ1n) is 8.18. The minimum absolute atomic E-state index is 0.0333. The van der Waals surface area contributed by atoms with Gasteiger partial charge in [0.1, 0.15) is 11.6 Å². The third-order valence-corrected chi connectivity index (χ3v) is 4.34. The summed E-state index contributed by atoms with van der Waals surface area (Å²) < 4.78 is 13.2. The van der Waals surface area contributed by atoms with E-state index in [0.29, 0.717) is 25.9 Å². The number of phenolic OH excluding ortho intramolecular Hbond substituents is 1. The number of likely N-dealkylation sites (tertiary alicyclic amines) is 1. The average Bonchev–Trinajstić information content (AvgIpc) is 2.62. The summed E-state index contributed by atoms with van der Waals surface area (Å²) >= 11 is 0. The first-order valence-corrected chi connectivity index (χ1v) is 8.18. The monoisotopic (exact) mass is 342 g/mol. The molecule has 0 atom stereocenters. The highest BCUT2D eigenvalue weighted by Gasteiger charge is 2.26. The number of nitrogens with one attached hydrogen (secondary N) is 1. The van der Waals surface area contributed by atoms with Gasteiger partial charge in [0, 0.05) is 24.7 Å². The largest absolute Gasteiger partial charge is 0.507 e. The van der Waals surface area contributed by atoms with Crippen LogP contribution < -0.4 is 5.32 Å². The summed E-state index contributed by atoms with van der Waals surface area (Å²) in [6, 6.07) is 11.9. The third-order valence-electron chi connectivity index (χ3n) is 4.34. The van der Waals surface area contributed by atoms with Crippen molar-refractivity contribution in [1.29, 1.82) is 0 Å². The van der Waals surface area contributed by atoms with Crippen LogP contribution >= 0.6 is 0 Å². The molecule has 25 heavy (non-hydrogen) atoms. The molecule has 0 spiro atoms. The van der Waals surface area contributed by atoms with Crippen LogP contribution in [0.1, 0.15) is 33.6 Å². The SMILES string of the molecule is O=C(NC1CCN(C(=O)c2ccccc2O)CC1)c1cccc(F)c1. The molecule has 2 amide bonds. The Morgan fingerprint density at radius 3 is 2.48 bits per heavy atom. The second-order valence-corrected chi connectivity index (χ2v) is 6.07. The number of halogens is 1. The van der Waals surface area contributed by atoms with Crippen molar-refractivity contribution in [3.8, 4) is 5.75 Å². The van der Waals surface area contributed by atoms with Crippen molar-refractivity contribution in [1.82, 2.24) is 10.2 Å². The lowest BCUT2D eigenvalue weighted by atomic mass is 10.0. The molecule has 2 aromatic rings. The number of phenols is 1. The highest BCUT2D eigenvalue weighted by molar-refractivity contribution is 5.97. The molecule has 0 saturated carbocycles. The normalized spacial score (nSPS) is 15.0. The molecule has 0 radical (unpaired) electrons. The van der Waals surface area contributed by atoms with Gasteiger partial charge in [-0.05, 0) is 43.2 Å². The first-order chi connectivity index (χ1) is 12.0. The number of hydrogen-bond acceptors (Lipinski definition) is 3. The molecule has 3 rings (SSSR count). The lowest BCUT2D eigenvalue weighted by molar-refractivity contribution is 0.0695. The summed E-state index contributed by atoms with van der Waals surface area (Å²) in [6.45, 7) is 0.975. The quantitative estimate of drug-likeness (QED) is 0.901. The second kappa shape index (κ2) is 7.34. The topological polar surface area (TPSA) is 69.6 Å². The molecule has 1 heterocycles. The van der Waals surface area contributed by atoms with Gasteiger partial charge in [-0.3, -0.25) is 9.59 Å². The van der Waals surface area contributed by atoms with Gasteiger partial charge in [0.05, 0.1) is 5.56 Å². The van der Waals surface area contributed by atoms with Crippen LogP contribution in [0.25, 0.3) is 0 Å². The van der Waals surface area contributed by atoms with Gasteiger partial charge in [0.25, 0.3) is 11.8 Å². The average molecular weight is 342 g/mol. The number of para-hydroxylation sites is 1. The molecule has 0 aliphatic carbocycles. The van der Waals surface area contributed by atoms with Gasteiger partial charge >= 0.3 is 0 Å². The maximum atomic E-state index is 13.2. The molecule has 130 valence electrons. The first kappa shape index (κ1) is 17.0. The molecule has 2 N–H and O–H groups in total. The molecule has 1 aliphatic rings. The van der Waals surface area contributed by atoms with Gasteiger partial charge in [-0.15, -0.1) is 0 Å². The number of hydrogen-bond donors (Lipinski definition) is 2. The summed E-state index contributed by atoms with van der Waals surface area (Å²) in [5, 5.41) is 12.7. The molecule has 2 aromatic carbocycles. The predicted octanol–water partition coefficient (Wildman–Crippen LogP) is 2.57. The van der Waals surface area contributed by atoms with E-state index in [1.165, 1.54) is 24.3 Å². The van der Waals surface area contributed by atoms with E-state index in [0.717, 1.165) is 0 Å². The Labute approximate surface area is 145 Å². The number of aromatic hydroxyl groups is 1. The van der Waals surface area contributed by atoms with Crippen molar-refractivity contribution in [3.05, 3.63) is 65.5 Å². The van der Waals surface area contributed by atoms with E-state index in [4.69, 9.17) is 0 Å². The summed E-state index contributed by atoms with van der Waals surface area (Å²) in [5.41, 5.74) is 0.567. The van der Waals surface area contributed by atoms with E-state index in [9.17, 15) is 19.1 Å². The van der Waals surface area contributed by atoms with Crippen LogP contribution in [0.4, 0.5) is 4.39 Å². The van der Waals surface area contributed by atoms with Crippen molar-refractivity contribution in [3.63, 3.8) is 0 Å². The number of carbonyl (C=O) groups is 2. The van der Waals surface area contributed by atoms with Crippen molar-refractivity contribution >= 4 is 11.8 Å². The maximum absolute atomic E-state index is 13.2. The minimum Gasteiger partial charge on any atom is -0.507 e. The van der Waals surface area contributed by atoms with Gasteiger partial charge < -0.3 is 15.3 Å². The standard InChI is InChI=1S/C19H19FN2O3/c20-14-5-3-4-13(12-14)18(24)21-15-8-10-22(11-9-15)19(25)16-6-1-2-7-17(16)23/h1-7,12,15,23H,8-11H2,(H,21,24). The summed E-state index contributed by atoms with van der Waals surface area (Å²) in [5.74, 6) is -1.01. The van der Waals surface area contributed by atoms with E-state index in [1.54, 1.807) is 29.2 Å². The third kappa shape index (κ3) is 3.96. The summed E-state index contributed by atoms with van der Waals surface area (Å²) in [7, 11) is 0. The Balaban J connectivity index is 1.56. The summed E-state index contributed by atoms with van der Waals surface area (Å²) in [4.78, 5) is 26.3. The predicted molar refractivity (Wildman–Crippen MR) is 90.9 cm³/mol. The van der Waals surface area contributed by atoms with Crippen LogP contribution in [0, 0.1) is 5.82 Å². The molecule has 0 unspecified atom stereocenters. The Bertz CT molecular complexity index is 786. The highest BCUT2D eigenvalue weighted by Crippen LogP contribution is 2.20. The number of rotatable bonds is 3. The fourth-order valence-electron chi connectivity index (χ4n) is 2.95. The van der Waals surface area contributed by atoms with Crippen LogP contribution in [0.3, 0.4) is 0 Å². The van der Waals surface area contributed by atoms with Gasteiger partial charge in [0.15, 0.2) is 0 Å². The molecule has 0 aromatic heterocycles. The number of amides is 2. The maximum Gasteiger partial charge on any atom is 0.257 e. The molecule has 0 bridgehead atoms. The number of piperidine rings is 1. The number of benzene rings is 2. The van der Waals surface area contributed by atoms with E-state index in [1.807, 2.05) is 0 Å². The van der Waals surface area contributed by atoms with Crippen molar-refractivity contribution < 1.29 is 19.1 Å². The van der Waals surface area contributed by atoms with Gasteiger partial charge in [-0.1, -0.05) is 18.2 Å². The van der Waals surface area contributed by atoms with Crippen molar-refractivity contribution in [2.24, 2.45) is 0 Å². The van der Waals surface area contributed by atoms with Crippen LogP contribution in [-0.2, 0) is 0 Å². The minimum atomic E-state index is -0.448. The molecule has 6 heteroatoms. The van der Waals surface area contributed by atoms with Gasteiger partial charge in [-0.2, -0.15) is 0 Å². The smallest absolute Gasteiger partial charge is 0.257 e. The van der Waals surface area contributed by atoms with Crippen molar-refractivity contribution in [2.45, 2.75) is 18.9 Å². The Hall–Kier alpha value is -2.89. The lowest BCUT2D eigenvalue weighted by Crippen LogP contribution is -2.46. The fraction of sp³-hybridized carbons (Fsp3) is 0.263. The zero-order valence-electron chi connectivity index (χ0n) is 13.6. The Kier molecular flexibility index (Phi) is 4.97. The van der Waals surface area contributed by atoms with Crippen LogP contribution in [0.2, 0.25) is 0 Å². The Morgan fingerprint density at radius 2 is 1.80 bits per heavy atom. The number of carbonyl (C=O) groups excluding carboxylic acids is 2. The van der Waals surface area contributed by atoms with E-state index < -0.39 is 5.82 Å². The van der Waals surface area contributed by atoms with E-state index >= 15 is 0 Å². The molecular formula is C19H19FN2O3. The van der Waals surface area contributed by atoms with Crippen LogP contribution in [0.5, 0.6) is 5.75 Å². The molecule has 5 nitrogen and oxygen atoms in total. The van der Waals surface area contributed by atoms with Crippen LogP contribution in [-0.4, -0.2) is 41.0 Å². The van der Waals surface area contributed by atoms with Crippen molar-refractivity contribution in [2.75, 3.05) is 13.1 Å². The molecule has 1 saturated heterocycles. The van der Waals surface area contributed by atoms with Crippen LogP contribution in [0.15, 0.2) is 48.5 Å². The molecule has 1 fully saturated rings. The van der Waals surface area contributed by atoms with Gasteiger partial charge in [0.2, 0.25) is 0 Å².